The largest absolute Gasteiger partial charge is 0.343 e. The SMILES string of the molecule is CC1NC(=O)C(C(C)C)N(CC2CCN(C(C)C)C2)C1=O. The second-order valence-corrected chi connectivity index (χ2v) is 7.15. The van der Waals surface area contributed by atoms with Crippen molar-refractivity contribution in [3.05, 3.63) is 0 Å². The van der Waals surface area contributed by atoms with Gasteiger partial charge >= 0.3 is 0 Å². The molecule has 21 heavy (non-hydrogen) atoms. The fraction of sp³-hybridized carbons (Fsp3) is 0.875. The lowest BCUT2D eigenvalue weighted by Gasteiger charge is -2.41. The van der Waals surface area contributed by atoms with E-state index in [1.54, 1.807) is 6.92 Å². The summed E-state index contributed by atoms with van der Waals surface area (Å²) in [7, 11) is 0. The Kier molecular flexibility index (Phi) is 4.91. The molecule has 120 valence electrons. The van der Waals surface area contributed by atoms with E-state index in [1.807, 2.05) is 18.7 Å². The van der Waals surface area contributed by atoms with Crippen LogP contribution in [0, 0.1) is 11.8 Å². The Morgan fingerprint density at radius 3 is 2.43 bits per heavy atom. The number of hydrogen-bond donors (Lipinski definition) is 1. The van der Waals surface area contributed by atoms with Crippen LogP contribution in [0.3, 0.4) is 0 Å². The third-order valence-electron chi connectivity index (χ3n) is 4.75. The van der Waals surface area contributed by atoms with Crippen molar-refractivity contribution in [2.75, 3.05) is 19.6 Å². The summed E-state index contributed by atoms with van der Waals surface area (Å²) in [5.74, 6) is 0.687. The van der Waals surface area contributed by atoms with Crippen molar-refractivity contribution in [2.24, 2.45) is 11.8 Å². The summed E-state index contributed by atoms with van der Waals surface area (Å²) < 4.78 is 0. The maximum atomic E-state index is 12.5. The first-order valence-corrected chi connectivity index (χ1v) is 8.16. The first kappa shape index (κ1) is 16.3. The Morgan fingerprint density at radius 1 is 1.24 bits per heavy atom. The summed E-state index contributed by atoms with van der Waals surface area (Å²) in [6, 6.07) is -0.160. The zero-order valence-electron chi connectivity index (χ0n) is 13.9. The predicted molar refractivity (Wildman–Crippen MR) is 82.8 cm³/mol. The minimum absolute atomic E-state index is 0.00388. The van der Waals surface area contributed by atoms with Gasteiger partial charge in [-0.15, -0.1) is 0 Å². The first-order chi connectivity index (χ1) is 9.81. The molecule has 0 bridgehead atoms. The van der Waals surface area contributed by atoms with Gasteiger partial charge in [0.15, 0.2) is 0 Å². The van der Waals surface area contributed by atoms with E-state index in [-0.39, 0.29) is 23.8 Å². The average molecular weight is 295 g/mol. The van der Waals surface area contributed by atoms with Gasteiger partial charge in [-0.1, -0.05) is 13.8 Å². The number of hydrogen-bond acceptors (Lipinski definition) is 3. The van der Waals surface area contributed by atoms with Crippen LogP contribution < -0.4 is 5.32 Å². The minimum Gasteiger partial charge on any atom is -0.343 e. The molecule has 2 heterocycles. The molecule has 2 aliphatic heterocycles. The highest BCUT2D eigenvalue weighted by Crippen LogP contribution is 2.24. The van der Waals surface area contributed by atoms with Crippen molar-refractivity contribution in [2.45, 2.75) is 59.2 Å². The standard InChI is InChI=1S/C16H29N3O2/c1-10(2)14-15(20)17-12(5)16(21)19(14)9-13-6-7-18(8-13)11(3)4/h10-14H,6-9H2,1-5H3,(H,17,20). The van der Waals surface area contributed by atoms with E-state index < -0.39 is 6.04 Å². The monoisotopic (exact) mass is 295 g/mol. The Balaban J connectivity index is 2.07. The second kappa shape index (κ2) is 6.34. The Hall–Kier alpha value is -1.10. The zero-order valence-corrected chi connectivity index (χ0v) is 13.9. The summed E-state index contributed by atoms with van der Waals surface area (Å²) in [5.41, 5.74) is 0. The lowest BCUT2D eigenvalue weighted by atomic mass is 9.95. The molecule has 5 nitrogen and oxygen atoms in total. The number of rotatable bonds is 4. The van der Waals surface area contributed by atoms with Crippen molar-refractivity contribution in [3.63, 3.8) is 0 Å². The van der Waals surface area contributed by atoms with Gasteiger partial charge in [-0.05, 0) is 45.6 Å². The van der Waals surface area contributed by atoms with E-state index >= 15 is 0 Å². The van der Waals surface area contributed by atoms with Crippen LogP contribution in [0.4, 0.5) is 0 Å². The number of nitrogens with zero attached hydrogens (tertiary/aromatic N) is 2. The average Bonchev–Trinajstić information content (AvgIpc) is 2.83. The van der Waals surface area contributed by atoms with Crippen LogP contribution in [0.1, 0.15) is 41.0 Å². The number of nitrogens with one attached hydrogen (secondary N) is 1. The molecule has 0 spiro atoms. The van der Waals surface area contributed by atoms with E-state index in [4.69, 9.17) is 0 Å². The fourth-order valence-electron chi connectivity index (χ4n) is 3.51. The van der Waals surface area contributed by atoms with Gasteiger partial charge in [0.25, 0.3) is 0 Å². The lowest BCUT2D eigenvalue weighted by Crippen LogP contribution is -2.64. The van der Waals surface area contributed by atoms with Crippen LogP contribution in [0.15, 0.2) is 0 Å². The number of carbonyl (C=O) groups excluding carboxylic acids is 2. The van der Waals surface area contributed by atoms with Gasteiger partial charge in [0.2, 0.25) is 11.8 Å². The first-order valence-electron chi connectivity index (χ1n) is 8.16. The number of piperazine rings is 1. The normalized spacial score (nSPS) is 31.4. The molecule has 0 aromatic rings. The Morgan fingerprint density at radius 2 is 1.90 bits per heavy atom. The molecular weight excluding hydrogens is 266 g/mol. The number of amides is 2. The third kappa shape index (κ3) is 3.39. The quantitative estimate of drug-likeness (QED) is 0.844. The summed E-state index contributed by atoms with van der Waals surface area (Å²) in [4.78, 5) is 29.0. The maximum Gasteiger partial charge on any atom is 0.245 e. The van der Waals surface area contributed by atoms with Crippen LogP contribution in [0.2, 0.25) is 0 Å². The lowest BCUT2D eigenvalue weighted by molar-refractivity contribution is -0.151. The molecule has 2 fully saturated rings. The number of likely N-dealkylation sites (tertiary alicyclic amines) is 1. The summed E-state index contributed by atoms with van der Waals surface area (Å²) in [6.45, 7) is 13.1. The highest BCUT2D eigenvalue weighted by atomic mass is 16.2. The van der Waals surface area contributed by atoms with Gasteiger partial charge in [0, 0.05) is 19.1 Å². The Bertz CT molecular complexity index is 408. The van der Waals surface area contributed by atoms with Gasteiger partial charge in [-0.2, -0.15) is 0 Å². The van der Waals surface area contributed by atoms with Crippen LogP contribution in [0.5, 0.6) is 0 Å². The van der Waals surface area contributed by atoms with Crippen molar-refractivity contribution < 1.29 is 9.59 Å². The molecule has 2 saturated heterocycles. The predicted octanol–water partition coefficient (Wildman–Crippen LogP) is 1.09. The molecule has 0 aliphatic carbocycles. The molecule has 0 aromatic carbocycles. The molecule has 0 aromatic heterocycles. The molecule has 3 atom stereocenters. The maximum absolute atomic E-state index is 12.5. The molecule has 2 amide bonds. The number of carbonyl (C=O) groups is 2. The van der Waals surface area contributed by atoms with Crippen molar-refractivity contribution in [1.82, 2.24) is 15.1 Å². The molecular formula is C16H29N3O2. The van der Waals surface area contributed by atoms with Gasteiger partial charge in [0.1, 0.15) is 12.1 Å². The third-order valence-corrected chi connectivity index (χ3v) is 4.75. The fourth-order valence-corrected chi connectivity index (χ4v) is 3.51. The second-order valence-electron chi connectivity index (χ2n) is 7.15. The molecule has 2 aliphatic rings. The summed E-state index contributed by atoms with van der Waals surface area (Å²) in [5, 5.41) is 2.80. The van der Waals surface area contributed by atoms with Crippen molar-refractivity contribution >= 4 is 11.8 Å². The van der Waals surface area contributed by atoms with Crippen LogP contribution in [-0.4, -0.2) is 59.4 Å². The van der Waals surface area contributed by atoms with E-state index in [9.17, 15) is 9.59 Å². The van der Waals surface area contributed by atoms with E-state index in [0.717, 1.165) is 19.5 Å². The topological polar surface area (TPSA) is 52.7 Å². The summed E-state index contributed by atoms with van der Waals surface area (Å²) in [6.07, 6.45) is 1.11. The highest BCUT2D eigenvalue weighted by Gasteiger charge is 2.41. The van der Waals surface area contributed by atoms with Crippen LogP contribution in [-0.2, 0) is 9.59 Å². The van der Waals surface area contributed by atoms with Crippen molar-refractivity contribution in [3.8, 4) is 0 Å². The molecule has 0 radical (unpaired) electrons. The highest BCUT2D eigenvalue weighted by molar-refractivity contribution is 5.96. The zero-order chi connectivity index (χ0) is 15.7. The molecule has 1 N–H and O–H groups in total. The van der Waals surface area contributed by atoms with Crippen molar-refractivity contribution in [1.29, 1.82) is 0 Å². The van der Waals surface area contributed by atoms with Gasteiger partial charge < -0.3 is 15.1 Å². The van der Waals surface area contributed by atoms with Crippen LogP contribution >= 0.6 is 0 Å². The molecule has 5 heteroatoms. The van der Waals surface area contributed by atoms with Crippen LogP contribution in [0.25, 0.3) is 0 Å². The van der Waals surface area contributed by atoms with Gasteiger partial charge in [0.05, 0.1) is 0 Å². The van der Waals surface area contributed by atoms with Gasteiger partial charge in [-0.3, -0.25) is 9.59 Å². The summed E-state index contributed by atoms with van der Waals surface area (Å²) >= 11 is 0. The molecule has 0 saturated carbocycles. The molecule has 2 rings (SSSR count). The Labute approximate surface area is 128 Å². The van der Waals surface area contributed by atoms with E-state index in [1.165, 1.54) is 0 Å². The minimum atomic E-state index is -0.393. The van der Waals surface area contributed by atoms with Gasteiger partial charge in [-0.25, -0.2) is 0 Å². The molecule has 3 unspecified atom stereocenters. The van der Waals surface area contributed by atoms with E-state index in [0.29, 0.717) is 18.5 Å². The van der Waals surface area contributed by atoms with E-state index in [2.05, 4.69) is 24.1 Å². The smallest absolute Gasteiger partial charge is 0.245 e.